The highest BCUT2D eigenvalue weighted by molar-refractivity contribution is 6.31. The van der Waals surface area contributed by atoms with Crippen molar-refractivity contribution in [3.63, 3.8) is 0 Å². The number of aromatic nitrogens is 3. The highest BCUT2D eigenvalue weighted by atomic mass is 35.5. The molecule has 1 N–H and O–H groups in total. The zero-order valence-electron chi connectivity index (χ0n) is 13.7. The Morgan fingerprint density at radius 3 is 3.16 bits per heavy atom. The topological polar surface area (TPSA) is 61.1 Å². The molecule has 0 aliphatic carbocycles. The molecule has 7 heteroatoms. The molecule has 0 unspecified atom stereocenters. The number of benzene rings is 1. The van der Waals surface area contributed by atoms with E-state index in [-0.39, 0.29) is 18.6 Å². The first-order valence-corrected chi connectivity index (χ1v) is 8.73. The van der Waals surface area contributed by atoms with Crippen molar-refractivity contribution in [2.24, 2.45) is 0 Å². The van der Waals surface area contributed by atoms with Gasteiger partial charge in [-0.3, -0.25) is 9.48 Å². The Bertz CT molecular complexity index is 896. The van der Waals surface area contributed by atoms with Crippen LogP contribution in [0.4, 0.5) is 5.69 Å². The van der Waals surface area contributed by atoms with Gasteiger partial charge < -0.3 is 14.6 Å². The van der Waals surface area contributed by atoms with Gasteiger partial charge in [-0.25, -0.2) is 0 Å². The molecule has 6 nitrogen and oxygen atoms in total. The lowest BCUT2D eigenvalue weighted by atomic mass is 10.2. The Hall–Kier alpha value is -2.31. The Morgan fingerprint density at radius 2 is 2.32 bits per heavy atom. The van der Waals surface area contributed by atoms with E-state index in [0.29, 0.717) is 10.7 Å². The number of nitrogens with one attached hydrogen (secondary N) is 1. The van der Waals surface area contributed by atoms with Crippen molar-refractivity contribution in [3.05, 3.63) is 47.9 Å². The Morgan fingerprint density at radius 1 is 1.40 bits per heavy atom. The van der Waals surface area contributed by atoms with Crippen LogP contribution in [-0.4, -0.2) is 33.0 Å². The van der Waals surface area contributed by atoms with E-state index in [0.717, 1.165) is 36.9 Å². The summed E-state index contributed by atoms with van der Waals surface area (Å²) in [6, 6.07) is 7.63. The van der Waals surface area contributed by atoms with Crippen molar-refractivity contribution in [3.8, 4) is 0 Å². The highest BCUT2D eigenvalue weighted by Gasteiger charge is 2.16. The summed E-state index contributed by atoms with van der Waals surface area (Å²) in [5, 5.41) is 8.89. The van der Waals surface area contributed by atoms with Gasteiger partial charge >= 0.3 is 0 Å². The van der Waals surface area contributed by atoms with Crippen molar-refractivity contribution in [1.29, 1.82) is 0 Å². The molecule has 1 amide bonds. The summed E-state index contributed by atoms with van der Waals surface area (Å²) < 4.78 is 9.30. The molecule has 1 aliphatic rings. The van der Waals surface area contributed by atoms with Gasteiger partial charge in [-0.2, -0.15) is 5.10 Å². The van der Waals surface area contributed by atoms with Gasteiger partial charge in [0.25, 0.3) is 0 Å². The predicted molar refractivity (Wildman–Crippen MR) is 96.8 cm³/mol. The molecule has 0 radical (unpaired) electrons. The molecule has 25 heavy (non-hydrogen) atoms. The molecule has 1 fully saturated rings. The van der Waals surface area contributed by atoms with E-state index in [1.807, 2.05) is 45.9 Å². The number of ether oxygens (including phenoxy) is 1. The first kappa shape index (κ1) is 16.2. The van der Waals surface area contributed by atoms with Gasteiger partial charge in [0.1, 0.15) is 6.54 Å². The van der Waals surface area contributed by atoms with Crippen molar-refractivity contribution < 1.29 is 9.53 Å². The van der Waals surface area contributed by atoms with E-state index < -0.39 is 0 Å². The van der Waals surface area contributed by atoms with E-state index >= 15 is 0 Å². The highest BCUT2D eigenvalue weighted by Crippen LogP contribution is 2.20. The zero-order chi connectivity index (χ0) is 17.2. The van der Waals surface area contributed by atoms with E-state index in [1.54, 1.807) is 6.20 Å². The Labute approximate surface area is 150 Å². The lowest BCUT2D eigenvalue weighted by molar-refractivity contribution is -0.116. The summed E-state index contributed by atoms with van der Waals surface area (Å²) in [5.74, 6) is -0.103. The van der Waals surface area contributed by atoms with Crippen LogP contribution in [0.2, 0.25) is 5.02 Å². The molecular weight excluding hydrogens is 340 g/mol. The largest absolute Gasteiger partial charge is 0.376 e. The van der Waals surface area contributed by atoms with Crippen LogP contribution in [0.25, 0.3) is 10.9 Å². The molecule has 3 aromatic rings. The zero-order valence-corrected chi connectivity index (χ0v) is 14.4. The molecule has 4 rings (SSSR count). The van der Waals surface area contributed by atoms with Gasteiger partial charge in [0.2, 0.25) is 5.91 Å². The smallest absolute Gasteiger partial charge is 0.244 e. The standard InChI is InChI=1S/C18H19ClN4O2/c19-14-4-3-13-5-6-22(17(13)8-14)12-18(24)21-15-9-20-23(10-15)11-16-2-1-7-25-16/h3-6,8-10,16H,1-2,7,11-12H2,(H,21,24)/t16-/m1/s1. The van der Waals surface area contributed by atoms with Gasteiger partial charge in [-0.15, -0.1) is 0 Å². The molecule has 130 valence electrons. The number of anilines is 1. The van der Waals surface area contributed by atoms with Gasteiger partial charge in [0.05, 0.1) is 24.5 Å². The molecule has 2 aromatic heterocycles. The first-order chi connectivity index (χ1) is 12.2. The van der Waals surface area contributed by atoms with Crippen LogP contribution in [0.3, 0.4) is 0 Å². The molecule has 0 saturated carbocycles. The van der Waals surface area contributed by atoms with Crippen LogP contribution in [-0.2, 0) is 22.6 Å². The minimum atomic E-state index is -0.103. The van der Waals surface area contributed by atoms with Crippen molar-refractivity contribution >= 4 is 34.1 Å². The van der Waals surface area contributed by atoms with E-state index in [4.69, 9.17) is 16.3 Å². The maximum atomic E-state index is 12.3. The summed E-state index contributed by atoms with van der Waals surface area (Å²) in [7, 11) is 0. The minimum absolute atomic E-state index is 0.103. The Balaban J connectivity index is 1.40. The number of rotatable bonds is 5. The maximum absolute atomic E-state index is 12.3. The molecule has 0 bridgehead atoms. The number of hydrogen-bond acceptors (Lipinski definition) is 3. The third-order valence-corrected chi connectivity index (χ3v) is 4.62. The third kappa shape index (κ3) is 3.70. The molecule has 0 spiro atoms. The van der Waals surface area contributed by atoms with Crippen LogP contribution in [0, 0.1) is 0 Å². The molecule has 1 atom stereocenters. The second kappa shape index (κ2) is 6.90. The predicted octanol–water partition coefficient (Wildman–Crippen LogP) is 3.31. The summed E-state index contributed by atoms with van der Waals surface area (Å²) in [6.45, 7) is 1.77. The fourth-order valence-corrected chi connectivity index (χ4v) is 3.34. The van der Waals surface area contributed by atoms with Gasteiger partial charge in [0.15, 0.2) is 0 Å². The molecule has 1 saturated heterocycles. The summed E-state index contributed by atoms with van der Waals surface area (Å²) in [4.78, 5) is 12.3. The van der Waals surface area contributed by atoms with Crippen LogP contribution in [0.5, 0.6) is 0 Å². The quantitative estimate of drug-likeness (QED) is 0.761. The summed E-state index contributed by atoms with van der Waals surface area (Å²) >= 11 is 6.05. The monoisotopic (exact) mass is 358 g/mol. The Kier molecular flexibility index (Phi) is 4.46. The van der Waals surface area contributed by atoms with Crippen LogP contribution in [0.1, 0.15) is 12.8 Å². The minimum Gasteiger partial charge on any atom is -0.376 e. The van der Waals surface area contributed by atoms with Crippen LogP contribution < -0.4 is 5.32 Å². The van der Waals surface area contributed by atoms with Gasteiger partial charge in [0, 0.05) is 29.5 Å². The second-order valence-corrected chi connectivity index (χ2v) is 6.72. The number of carbonyl (C=O) groups is 1. The number of hydrogen-bond donors (Lipinski definition) is 1. The van der Waals surface area contributed by atoms with E-state index in [2.05, 4.69) is 10.4 Å². The number of fused-ring (bicyclic) bond motifs is 1. The average Bonchev–Trinajstić information content (AvgIpc) is 3.31. The van der Waals surface area contributed by atoms with Crippen LogP contribution in [0.15, 0.2) is 42.9 Å². The lowest BCUT2D eigenvalue weighted by Gasteiger charge is -2.08. The number of nitrogens with zero attached hydrogens (tertiary/aromatic N) is 3. The molecule has 1 aliphatic heterocycles. The lowest BCUT2D eigenvalue weighted by Crippen LogP contribution is -2.18. The fourth-order valence-electron chi connectivity index (χ4n) is 3.18. The fraction of sp³-hybridized carbons (Fsp3) is 0.333. The second-order valence-electron chi connectivity index (χ2n) is 6.28. The van der Waals surface area contributed by atoms with Gasteiger partial charge in [-0.05, 0) is 36.4 Å². The summed E-state index contributed by atoms with van der Waals surface area (Å²) in [5.41, 5.74) is 1.63. The average molecular weight is 359 g/mol. The normalized spacial score (nSPS) is 17.2. The van der Waals surface area contributed by atoms with E-state index in [1.165, 1.54) is 0 Å². The molecular formula is C18H19ClN4O2. The van der Waals surface area contributed by atoms with Crippen molar-refractivity contribution in [1.82, 2.24) is 14.3 Å². The molecule has 3 heterocycles. The number of halogens is 1. The summed E-state index contributed by atoms with van der Waals surface area (Å²) in [6.07, 6.45) is 7.78. The third-order valence-electron chi connectivity index (χ3n) is 4.38. The van der Waals surface area contributed by atoms with Gasteiger partial charge in [-0.1, -0.05) is 17.7 Å². The SMILES string of the molecule is O=C(Cn1ccc2ccc(Cl)cc21)Nc1cnn(C[C@H]2CCCO2)c1. The molecule has 1 aromatic carbocycles. The van der Waals surface area contributed by atoms with E-state index in [9.17, 15) is 4.79 Å². The van der Waals surface area contributed by atoms with Crippen LogP contribution >= 0.6 is 11.6 Å². The number of carbonyl (C=O) groups excluding carboxylic acids is 1. The maximum Gasteiger partial charge on any atom is 0.244 e. The van der Waals surface area contributed by atoms with Crippen molar-refractivity contribution in [2.75, 3.05) is 11.9 Å². The van der Waals surface area contributed by atoms with Crippen molar-refractivity contribution in [2.45, 2.75) is 32.0 Å². The number of amides is 1. The first-order valence-electron chi connectivity index (χ1n) is 8.36.